The highest BCUT2D eigenvalue weighted by molar-refractivity contribution is 5.31. The van der Waals surface area contributed by atoms with Gasteiger partial charge in [0.2, 0.25) is 0 Å². The molecule has 0 amide bonds. The molecule has 1 heterocycles. The van der Waals surface area contributed by atoms with E-state index < -0.39 is 0 Å². The Morgan fingerprint density at radius 3 is 2.26 bits per heavy atom. The van der Waals surface area contributed by atoms with Crippen molar-refractivity contribution in [2.75, 3.05) is 6.54 Å². The maximum Gasteiger partial charge on any atom is 0.0309 e. The minimum Gasteiger partial charge on any atom is -0.330 e. The monoisotopic (exact) mass is 261 g/mol. The quantitative estimate of drug-likeness (QED) is 0.782. The fraction of sp³-hybridized carbons (Fsp3) is 0.625. The lowest BCUT2D eigenvalue weighted by Crippen LogP contribution is -2.33. The zero-order valence-corrected chi connectivity index (χ0v) is 12.5. The largest absolute Gasteiger partial charge is 0.330 e. The summed E-state index contributed by atoms with van der Waals surface area (Å²) in [5, 5.41) is 0. The van der Waals surface area contributed by atoms with Gasteiger partial charge < -0.3 is 5.73 Å². The zero-order valence-electron chi connectivity index (χ0n) is 12.5. The molecule has 1 saturated heterocycles. The Morgan fingerprint density at radius 1 is 1.11 bits per heavy atom. The molecule has 0 spiro atoms. The van der Waals surface area contributed by atoms with Crippen molar-refractivity contribution in [3.05, 3.63) is 35.4 Å². The summed E-state index contributed by atoms with van der Waals surface area (Å²) >= 11 is 0. The van der Waals surface area contributed by atoms with Gasteiger partial charge in [-0.3, -0.25) is 10.9 Å². The van der Waals surface area contributed by atoms with E-state index in [0.717, 1.165) is 13.0 Å². The van der Waals surface area contributed by atoms with Crippen LogP contribution in [0.5, 0.6) is 0 Å². The standard InChI is InChI=1S/C16H27N3/c1-11-15(14(9-10-17)19-18-11)12-5-7-13(8-6-12)16(2,3)4/h5-8,11,14-15,18-19H,9-10,17H2,1-4H3. The Balaban J connectivity index is 2.20. The first-order valence-corrected chi connectivity index (χ1v) is 7.25. The van der Waals surface area contributed by atoms with Crippen molar-refractivity contribution in [2.24, 2.45) is 5.73 Å². The number of nitrogens with one attached hydrogen (secondary N) is 2. The van der Waals surface area contributed by atoms with Crippen molar-refractivity contribution in [1.82, 2.24) is 10.9 Å². The summed E-state index contributed by atoms with van der Waals surface area (Å²) in [6.07, 6.45) is 1.00. The lowest BCUT2D eigenvalue weighted by molar-refractivity contribution is 0.497. The third kappa shape index (κ3) is 3.16. The van der Waals surface area contributed by atoms with Gasteiger partial charge in [0.05, 0.1) is 0 Å². The van der Waals surface area contributed by atoms with Crippen LogP contribution in [0.1, 0.15) is 51.2 Å². The first kappa shape index (κ1) is 14.5. The maximum atomic E-state index is 5.71. The van der Waals surface area contributed by atoms with E-state index in [0.29, 0.717) is 18.0 Å². The van der Waals surface area contributed by atoms with Gasteiger partial charge in [-0.2, -0.15) is 0 Å². The lowest BCUT2D eigenvalue weighted by Gasteiger charge is -2.23. The molecule has 3 nitrogen and oxygen atoms in total. The van der Waals surface area contributed by atoms with Gasteiger partial charge >= 0.3 is 0 Å². The van der Waals surface area contributed by atoms with Crippen LogP contribution in [0.15, 0.2) is 24.3 Å². The number of nitrogens with two attached hydrogens (primary N) is 1. The lowest BCUT2D eigenvalue weighted by atomic mass is 9.82. The van der Waals surface area contributed by atoms with Crippen molar-refractivity contribution in [2.45, 2.75) is 57.5 Å². The van der Waals surface area contributed by atoms with Gasteiger partial charge in [0, 0.05) is 18.0 Å². The van der Waals surface area contributed by atoms with Crippen LogP contribution >= 0.6 is 0 Å². The van der Waals surface area contributed by atoms with Crippen LogP contribution in [0.2, 0.25) is 0 Å². The molecular formula is C16H27N3. The third-order valence-corrected chi connectivity index (χ3v) is 4.11. The van der Waals surface area contributed by atoms with Gasteiger partial charge in [-0.25, -0.2) is 0 Å². The van der Waals surface area contributed by atoms with Crippen LogP contribution in [-0.4, -0.2) is 18.6 Å². The second kappa shape index (κ2) is 5.61. The minimum absolute atomic E-state index is 0.215. The highest BCUT2D eigenvalue weighted by atomic mass is 15.4. The van der Waals surface area contributed by atoms with Gasteiger partial charge in [-0.15, -0.1) is 0 Å². The van der Waals surface area contributed by atoms with E-state index >= 15 is 0 Å². The molecule has 2 rings (SSSR count). The molecule has 19 heavy (non-hydrogen) atoms. The molecule has 0 radical (unpaired) electrons. The van der Waals surface area contributed by atoms with Crippen LogP contribution in [0.25, 0.3) is 0 Å². The second-order valence-corrected chi connectivity index (χ2v) is 6.66. The van der Waals surface area contributed by atoms with E-state index in [1.807, 2.05) is 0 Å². The second-order valence-electron chi connectivity index (χ2n) is 6.66. The molecule has 1 aromatic carbocycles. The van der Waals surface area contributed by atoms with Crippen molar-refractivity contribution in [1.29, 1.82) is 0 Å². The van der Waals surface area contributed by atoms with E-state index in [4.69, 9.17) is 5.73 Å². The summed E-state index contributed by atoms with van der Waals surface area (Å²) < 4.78 is 0. The Morgan fingerprint density at radius 2 is 1.74 bits per heavy atom. The molecule has 3 heteroatoms. The normalized spacial score (nSPS) is 27.7. The Kier molecular flexibility index (Phi) is 4.29. The highest BCUT2D eigenvalue weighted by Gasteiger charge is 2.33. The number of hydrogen-bond acceptors (Lipinski definition) is 3. The van der Waals surface area contributed by atoms with Crippen LogP contribution in [0, 0.1) is 0 Å². The van der Waals surface area contributed by atoms with E-state index in [1.165, 1.54) is 11.1 Å². The fourth-order valence-corrected chi connectivity index (χ4v) is 2.92. The minimum atomic E-state index is 0.215. The van der Waals surface area contributed by atoms with E-state index in [1.54, 1.807) is 0 Å². The summed E-state index contributed by atoms with van der Waals surface area (Å²) in [4.78, 5) is 0. The van der Waals surface area contributed by atoms with Gasteiger partial charge in [-0.05, 0) is 36.4 Å². The highest BCUT2D eigenvalue weighted by Crippen LogP contribution is 2.30. The topological polar surface area (TPSA) is 50.1 Å². The van der Waals surface area contributed by atoms with Crippen molar-refractivity contribution in [3.8, 4) is 0 Å². The molecule has 0 bridgehead atoms. The van der Waals surface area contributed by atoms with Gasteiger partial charge in [0.15, 0.2) is 0 Å². The number of hydrogen-bond donors (Lipinski definition) is 3. The molecule has 1 fully saturated rings. The Labute approximate surface area is 116 Å². The molecule has 3 unspecified atom stereocenters. The predicted molar refractivity (Wildman–Crippen MR) is 81.1 cm³/mol. The summed E-state index contributed by atoms with van der Waals surface area (Å²) in [6.45, 7) is 9.70. The molecule has 0 saturated carbocycles. The van der Waals surface area contributed by atoms with E-state index in [9.17, 15) is 0 Å². The zero-order chi connectivity index (χ0) is 14.0. The molecular weight excluding hydrogens is 234 g/mol. The summed E-state index contributed by atoms with van der Waals surface area (Å²) in [5.74, 6) is 0.498. The van der Waals surface area contributed by atoms with E-state index in [-0.39, 0.29) is 5.41 Å². The summed E-state index contributed by atoms with van der Waals surface area (Å²) in [5.41, 5.74) is 15.4. The van der Waals surface area contributed by atoms with Crippen LogP contribution in [0.4, 0.5) is 0 Å². The molecule has 4 N–H and O–H groups in total. The molecule has 1 aliphatic heterocycles. The smallest absolute Gasteiger partial charge is 0.0309 e. The van der Waals surface area contributed by atoms with Gasteiger partial charge in [-0.1, -0.05) is 45.0 Å². The Bertz CT molecular complexity index is 403. The average Bonchev–Trinajstić information content (AvgIpc) is 2.70. The molecule has 106 valence electrons. The van der Waals surface area contributed by atoms with Crippen LogP contribution in [0.3, 0.4) is 0 Å². The number of hydrazine groups is 1. The predicted octanol–water partition coefficient (Wildman–Crippen LogP) is 2.28. The fourth-order valence-electron chi connectivity index (χ4n) is 2.92. The van der Waals surface area contributed by atoms with Crippen molar-refractivity contribution >= 4 is 0 Å². The average molecular weight is 261 g/mol. The molecule has 0 aliphatic carbocycles. The first-order valence-electron chi connectivity index (χ1n) is 7.25. The number of benzene rings is 1. The van der Waals surface area contributed by atoms with Crippen LogP contribution < -0.4 is 16.6 Å². The molecule has 1 aliphatic rings. The molecule has 3 atom stereocenters. The molecule has 1 aromatic rings. The third-order valence-electron chi connectivity index (χ3n) is 4.11. The van der Waals surface area contributed by atoms with Crippen molar-refractivity contribution < 1.29 is 0 Å². The molecule has 0 aromatic heterocycles. The van der Waals surface area contributed by atoms with Gasteiger partial charge in [0.1, 0.15) is 0 Å². The Hall–Kier alpha value is -0.900. The summed E-state index contributed by atoms with van der Waals surface area (Å²) in [6, 6.07) is 9.96. The van der Waals surface area contributed by atoms with Crippen LogP contribution in [-0.2, 0) is 5.41 Å². The van der Waals surface area contributed by atoms with Crippen molar-refractivity contribution in [3.63, 3.8) is 0 Å². The first-order chi connectivity index (χ1) is 8.93. The number of rotatable bonds is 3. The SMILES string of the molecule is CC1NNC(CCN)C1c1ccc(C(C)(C)C)cc1. The summed E-state index contributed by atoms with van der Waals surface area (Å²) in [7, 11) is 0. The maximum absolute atomic E-state index is 5.71. The van der Waals surface area contributed by atoms with E-state index in [2.05, 4.69) is 62.8 Å². The van der Waals surface area contributed by atoms with Gasteiger partial charge in [0.25, 0.3) is 0 Å².